The van der Waals surface area contributed by atoms with Crippen LogP contribution in [0.25, 0.3) is 0 Å². The minimum Gasteiger partial charge on any atom is -0.377 e. The molecule has 2 aliphatic heterocycles. The van der Waals surface area contributed by atoms with E-state index in [2.05, 4.69) is 59.3 Å². The molecule has 0 radical (unpaired) electrons. The summed E-state index contributed by atoms with van der Waals surface area (Å²) in [6.45, 7) is 10.6. The quantitative estimate of drug-likeness (QED) is 0.701. The van der Waals surface area contributed by atoms with E-state index in [0.717, 1.165) is 45.0 Å². The van der Waals surface area contributed by atoms with Gasteiger partial charge in [-0.25, -0.2) is 0 Å². The number of benzene rings is 2. The first-order chi connectivity index (χ1) is 15.0. The molecular weight excluding hydrogens is 406 g/mol. The maximum atomic E-state index is 12.5. The van der Waals surface area contributed by atoms with Gasteiger partial charge in [0, 0.05) is 54.8 Å². The minimum atomic E-state index is 0.0577. The molecule has 0 aromatic heterocycles. The van der Waals surface area contributed by atoms with Crippen molar-refractivity contribution in [1.29, 1.82) is 0 Å². The van der Waals surface area contributed by atoms with Crippen LogP contribution in [-0.4, -0.2) is 67.7 Å². The Kier molecular flexibility index (Phi) is 7.67. The van der Waals surface area contributed by atoms with Crippen LogP contribution >= 0.6 is 11.8 Å². The van der Waals surface area contributed by atoms with Crippen molar-refractivity contribution in [2.24, 2.45) is 0 Å². The molecule has 1 amide bonds. The highest BCUT2D eigenvalue weighted by Crippen LogP contribution is 2.31. The summed E-state index contributed by atoms with van der Waals surface area (Å²) in [6, 6.07) is 14.6. The third-order valence-electron chi connectivity index (χ3n) is 6.01. The first-order valence-electron chi connectivity index (χ1n) is 11.3. The number of nitrogens with one attached hydrogen (secondary N) is 1. The van der Waals surface area contributed by atoms with Crippen LogP contribution in [0.1, 0.15) is 24.0 Å². The first-order valence-corrected chi connectivity index (χ1v) is 12.1. The normalized spacial score (nSPS) is 20.1. The van der Waals surface area contributed by atoms with Crippen LogP contribution in [0.15, 0.2) is 52.3 Å². The van der Waals surface area contributed by atoms with E-state index < -0.39 is 0 Å². The van der Waals surface area contributed by atoms with Gasteiger partial charge in [0.1, 0.15) is 0 Å². The lowest BCUT2D eigenvalue weighted by molar-refractivity contribution is -0.117. The summed E-state index contributed by atoms with van der Waals surface area (Å²) < 4.78 is 5.74. The third kappa shape index (κ3) is 6.56. The van der Waals surface area contributed by atoms with Gasteiger partial charge in [0.15, 0.2) is 0 Å². The topological polar surface area (TPSA) is 44.8 Å². The zero-order valence-electron chi connectivity index (χ0n) is 18.6. The lowest BCUT2D eigenvalue weighted by atomic mass is 10.2. The number of hydrogen-bond acceptors (Lipinski definition) is 5. The predicted molar refractivity (Wildman–Crippen MR) is 127 cm³/mol. The molecule has 2 aliphatic rings. The van der Waals surface area contributed by atoms with E-state index in [1.165, 1.54) is 33.8 Å². The van der Waals surface area contributed by atoms with Crippen LogP contribution in [-0.2, 0) is 9.53 Å². The second-order valence-corrected chi connectivity index (χ2v) is 9.77. The molecule has 2 aromatic rings. The van der Waals surface area contributed by atoms with Gasteiger partial charge in [-0.3, -0.25) is 14.6 Å². The van der Waals surface area contributed by atoms with Gasteiger partial charge in [0.2, 0.25) is 5.91 Å². The minimum absolute atomic E-state index is 0.0577. The van der Waals surface area contributed by atoms with Crippen molar-refractivity contribution in [2.75, 3.05) is 51.2 Å². The maximum Gasteiger partial charge on any atom is 0.238 e. The maximum absolute atomic E-state index is 12.5. The number of anilines is 1. The van der Waals surface area contributed by atoms with Crippen molar-refractivity contribution >= 4 is 23.4 Å². The molecule has 2 saturated heterocycles. The largest absolute Gasteiger partial charge is 0.377 e. The van der Waals surface area contributed by atoms with E-state index in [4.69, 9.17) is 4.74 Å². The van der Waals surface area contributed by atoms with Gasteiger partial charge < -0.3 is 10.1 Å². The molecule has 0 unspecified atom stereocenters. The average molecular weight is 440 g/mol. The molecule has 1 N–H and O–H groups in total. The Balaban J connectivity index is 1.21. The lowest BCUT2D eigenvalue weighted by Gasteiger charge is -2.35. The Labute approximate surface area is 190 Å². The number of nitrogens with zero attached hydrogens (tertiary/aromatic N) is 2. The van der Waals surface area contributed by atoms with Crippen molar-refractivity contribution < 1.29 is 9.53 Å². The van der Waals surface area contributed by atoms with Crippen LogP contribution in [0.4, 0.5) is 5.69 Å². The molecule has 5 nitrogen and oxygen atoms in total. The Morgan fingerprint density at radius 1 is 1.06 bits per heavy atom. The van der Waals surface area contributed by atoms with Gasteiger partial charge in [-0.05, 0) is 62.6 Å². The molecule has 31 heavy (non-hydrogen) atoms. The Hall–Kier alpha value is -1.86. The molecule has 0 spiro atoms. The van der Waals surface area contributed by atoms with Crippen LogP contribution < -0.4 is 5.32 Å². The average Bonchev–Trinajstić information content (AvgIpc) is 3.26. The molecule has 0 aliphatic carbocycles. The lowest BCUT2D eigenvalue weighted by Crippen LogP contribution is -2.50. The van der Waals surface area contributed by atoms with Crippen molar-refractivity contribution in [3.05, 3.63) is 53.6 Å². The summed E-state index contributed by atoms with van der Waals surface area (Å²) in [5.41, 5.74) is 3.43. The molecule has 2 heterocycles. The van der Waals surface area contributed by atoms with E-state index in [-0.39, 0.29) is 5.91 Å². The van der Waals surface area contributed by atoms with E-state index in [1.807, 2.05) is 12.1 Å². The Bertz CT molecular complexity index is 873. The van der Waals surface area contributed by atoms with Gasteiger partial charge in [0.05, 0.1) is 12.6 Å². The number of aryl methyl sites for hydroxylation is 2. The number of carbonyl (C=O) groups excluding carboxylic acids is 1. The summed E-state index contributed by atoms with van der Waals surface area (Å²) in [4.78, 5) is 19.7. The van der Waals surface area contributed by atoms with E-state index in [0.29, 0.717) is 12.6 Å². The molecule has 0 saturated carbocycles. The van der Waals surface area contributed by atoms with Gasteiger partial charge in [-0.2, -0.15) is 0 Å². The SMILES string of the molecule is Cc1ccc(Sc2ccc(NC(=O)CN3CCN(C[C@@H]4CCCO4)CC3)cc2)c(C)c1. The fourth-order valence-corrected chi connectivity index (χ4v) is 5.14. The fourth-order valence-electron chi connectivity index (χ4n) is 4.26. The Morgan fingerprint density at radius 3 is 2.48 bits per heavy atom. The summed E-state index contributed by atoms with van der Waals surface area (Å²) in [5, 5.41) is 3.05. The zero-order chi connectivity index (χ0) is 21.6. The fraction of sp³-hybridized carbons (Fsp3) is 0.480. The van der Waals surface area contributed by atoms with E-state index >= 15 is 0 Å². The van der Waals surface area contributed by atoms with Gasteiger partial charge in [-0.15, -0.1) is 0 Å². The number of piperazine rings is 1. The van der Waals surface area contributed by atoms with Crippen LogP contribution in [0, 0.1) is 13.8 Å². The summed E-state index contributed by atoms with van der Waals surface area (Å²) in [6.07, 6.45) is 2.78. The smallest absolute Gasteiger partial charge is 0.238 e. The zero-order valence-corrected chi connectivity index (χ0v) is 19.4. The highest BCUT2D eigenvalue weighted by Gasteiger charge is 2.23. The number of rotatable bonds is 7. The Morgan fingerprint density at radius 2 is 1.81 bits per heavy atom. The third-order valence-corrected chi connectivity index (χ3v) is 7.20. The van der Waals surface area contributed by atoms with Gasteiger partial charge in [0.25, 0.3) is 0 Å². The molecule has 6 heteroatoms. The highest BCUT2D eigenvalue weighted by atomic mass is 32.2. The van der Waals surface area contributed by atoms with Crippen molar-refractivity contribution in [2.45, 2.75) is 42.6 Å². The highest BCUT2D eigenvalue weighted by molar-refractivity contribution is 7.99. The predicted octanol–water partition coefficient (Wildman–Crippen LogP) is 4.19. The molecule has 4 rings (SSSR count). The van der Waals surface area contributed by atoms with Crippen molar-refractivity contribution in [3.8, 4) is 0 Å². The van der Waals surface area contributed by atoms with Gasteiger partial charge >= 0.3 is 0 Å². The first kappa shape index (κ1) is 22.3. The van der Waals surface area contributed by atoms with Crippen molar-refractivity contribution in [1.82, 2.24) is 9.80 Å². The van der Waals surface area contributed by atoms with Crippen LogP contribution in [0.2, 0.25) is 0 Å². The van der Waals surface area contributed by atoms with Gasteiger partial charge in [-0.1, -0.05) is 29.5 Å². The summed E-state index contributed by atoms with van der Waals surface area (Å²) in [5.74, 6) is 0.0577. The monoisotopic (exact) mass is 439 g/mol. The van der Waals surface area contributed by atoms with Crippen molar-refractivity contribution in [3.63, 3.8) is 0 Å². The van der Waals surface area contributed by atoms with E-state index in [1.54, 1.807) is 11.8 Å². The summed E-state index contributed by atoms with van der Waals surface area (Å²) >= 11 is 1.76. The molecule has 2 aromatic carbocycles. The van der Waals surface area contributed by atoms with Crippen LogP contribution in [0.5, 0.6) is 0 Å². The molecule has 1 atom stereocenters. The second kappa shape index (κ2) is 10.6. The molecule has 2 fully saturated rings. The van der Waals surface area contributed by atoms with Crippen LogP contribution in [0.3, 0.4) is 0 Å². The number of hydrogen-bond donors (Lipinski definition) is 1. The van der Waals surface area contributed by atoms with E-state index in [9.17, 15) is 4.79 Å². The summed E-state index contributed by atoms with van der Waals surface area (Å²) in [7, 11) is 0. The molecule has 0 bridgehead atoms. The number of ether oxygens (including phenoxy) is 1. The standard InChI is InChI=1S/C25H33N3O2S/c1-19-5-10-24(20(2)16-19)31-23-8-6-21(7-9-23)26-25(29)18-28-13-11-27(12-14-28)17-22-4-3-15-30-22/h5-10,16,22H,3-4,11-15,17-18H2,1-2H3,(H,26,29)/t22-/m0/s1. The molecule has 166 valence electrons. The number of amides is 1. The second-order valence-electron chi connectivity index (χ2n) is 8.66. The number of carbonyl (C=O) groups is 1. The molecular formula is C25H33N3O2S.